The average molecular weight is 300 g/mol. The molecule has 22 heavy (non-hydrogen) atoms. The first kappa shape index (κ1) is 15.7. The molecule has 0 fully saturated rings. The number of nitrogens with one attached hydrogen (secondary N) is 2. The number of carbonyl (C=O) groups is 2. The second-order valence-electron chi connectivity index (χ2n) is 4.91. The highest BCUT2D eigenvalue weighted by Crippen LogP contribution is 2.02. The summed E-state index contributed by atoms with van der Waals surface area (Å²) in [6.45, 7) is 1.89. The normalized spacial score (nSPS) is 11.5. The Balaban J connectivity index is 1.84. The summed E-state index contributed by atoms with van der Waals surface area (Å²) in [7, 11) is 0. The Kier molecular flexibility index (Phi) is 5.25. The van der Waals surface area contributed by atoms with Crippen molar-refractivity contribution in [2.75, 3.05) is 0 Å². The molecule has 0 radical (unpaired) electrons. The van der Waals surface area contributed by atoms with Gasteiger partial charge in [0.15, 0.2) is 0 Å². The van der Waals surface area contributed by atoms with Crippen molar-refractivity contribution in [1.29, 1.82) is 0 Å². The number of halogens is 1. The van der Waals surface area contributed by atoms with Crippen molar-refractivity contribution in [3.63, 3.8) is 0 Å². The number of benzene rings is 2. The second kappa shape index (κ2) is 7.36. The Morgan fingerprint density at radius 1 is 1.05 bits per heavy atom. The van der Waals surface area contributed by atoms with Crippen molar-refractivity contribution in [3.8, 4) is 0 Å². The molecule has 0 aliphatic rings. The smallest absolute Gasteiger partial charge is 0.251 e. The lowest BCUT2D eigenvalue weighted by Gasteiger charge is -2.14. The average Bonchev–Trinajstić information content (AvgIpc) is 2.54. The van der Waals surface area contributed by atoms with Gasteiger partial charge in [-0.2, -0.15) is 0 Å². The number of amides is 2. The van der Waals surface area contributed by atoms with Crippen molar-refractivity contribution in [2.24, 2.45) is 0 Å². The van der Waals surface area contributed by atoms with Gasteiger partial charge in [0.2, 0.25) is 5.91 Å². The number of hydrogen-bond donors (Lipinski definition) is 2. The highest BCUT2D eigenvalue weighted by molar-refractivity contribution is 5.97. The van der Waals surface area contributed by atoms with Crippen LogP contribution in [0.25, 0.3) is 0 Å². The molecule has 0 unspecified atom stereocenters. The highest BCUT2D eigenvalue weighted by Gasteiger charge is 2.16. The Morgan fingerprint density at radius 2 is 1.68 bits per heavy atom. The summed E-state index contributed by atoms with van der Waals surface area (Å²) in [5, 5.41) is 5.33. The lowest BCUT2D eigenvalue weighted by molar-refractivity contribution is -0.122. The number of carbonyl (C=O) groups excluding carboxylic acids is 2. The zero-order valence-corrected chi connectivity index (χ0v) is 12.2. The van der Waals surface area contributed by atoms with Gasteiger partial charge in [0, 0.05) is 12.1 Å². The van der Waals surface area contributed by atoms with Crippen LogP contribution in [0.2, 0.25) is 0 Å². The van der Waals surface area contributed by atoms with Crippen molar-refractivity contribution >= 4 is 11.8 Å². The van der Waals surface area contributed by atoms with Gasteiger partial charge in [-0.15, -0.1) is 0 Å². The van der Waals surface area contributed by atoms with Crippen LogP contribution in [0.3, 0.4) is 0 Å². The van der Waals surface area contributed by atoms with E-state index in [2.05, 4.69) is 10.6 Å². The van der Waals surface area contributed by atoms with Gasteiger partial charge in [-0.3, -0.25) is 9.59 Å². The summed E-state index contributed by atoms with van der Waals surface area (Å²) >= 11 is 0. The molecule has 0 aromatic heterocycles. The summed E-state index contributed by atoms with van der Waals surface area (Å²) in [5.74, 6) is -0.919. The fourth-order valence-corrected chi connectivity index (χ4v) is 1.88. The minimum Gasteiger partial charge on any atom is -0.350 e. The van der Waals surface area contributed by atoms with Gasteiger partial charge in [-0.25, -0.2) is 4.39 Å². The summed E-state index contributed by atoms with van der Waals surface area (Å²) in [6.07, 6.45) is 0. The third kappa shape index (κ3) is 4.41. The first-order valence-corrected chi connectivity index (χ1v) is 6.94. The molecule has 0 bridgehead atoms. The molecule has 2 amide bonds. The first-order chi connectivity index (χ1) is 10.6. The maximum atomic E-state index is 12.8. The van der Waals surface area contributed by atoms with Crippen LogP contribution in [0.5, 0.6) is 0 Å². The van der Waals surface area contributed by atoms with Crippen LogP contribution >= 0.6 is 0 Å². The van der Waals surface area contributed by atoms with Gasteiger partial charge in [-0.05, 0) is 36.8 Å². The molecule has 2 rings (SSSR count). The van der Waals surface area contributed by atoms with Crippen molar-refractivity contribution in [2.45, 2.75) is 19.5 Å². The van der Waals surface area contributed by atoms with E-state index in [0.717, 1.165) is 5.56 Å². The molecule has 0 saturated carbocycles. The minimum atomic E-state index is -0.659. The van der Waals surface area contributed by atoms with Crippen molar-refractivity contribution in [1.82, 2.24) is 10.6 Å². The Labute approximate surface area is 128 Å². The largest absolute Gasteiger partial charge is 0.350 e. The van der Waals surface area contributed by atoms with Crippen LogP contribution in [-0.4, -0.2) is 17.9 Å². The quantitative estimate of drug-likeness (QED) is 0.890. The molecule has 1 atom stereocenters. The van der Waals surface area contributed by atoms with Gasteiger partial charge < -0.3 is 10.6 Å². The maximum Gasteiger partial charge on any atom is 0.251 e. The fraction of sp³-hybridized carbons (Fsp3) is 0.176. The standard InChI is InChI=1S/C17H17FN2O2/c1-12(20-17(22)14-5-3-2-4-6-14)16(21)19-11-13-7-9-15(18)10-8-13/h2-10,12H,11H2,1H3,(H,19,21)(H,20,22)/t12-/m0/s1. The minimum absolute atomic E-state index is 0.282. The monoisotopic (exact) mass is 300 g/mol. The molecule has 0 heterocycles. The molecule has 2 aromatic carbocycles. The van der Waals surface area contributed by atoms with E-state index >= 15 is 0 Å². The summed E-state index contributed by atoms with van der Waals surface area (Å²) < 4.78 is 12.8. The highest BCUT2D eigenvalue weighted by atomic mass is 19.1. The van der Waals surface area contributed by atoms with E-state index in [1.165, 1.54) is 12.1 Å². The summed E-state index contributed by atoms with van der Waals surface area (Å²) in [6, 6.07) is 13.9. The molecule has 5 heteroatoms. The van der Waals surface area contributed by atoms with E-state index in [4.69, 9.17) is 0 Å². The SMILES string of the molecule is C[C@H](NC(=O)c1ccccc1)C(=O)NCc1ccc(F)cc1. The van der Waals surface area contributed by atoms with Gasteiger partial charge in [0.05, 0.1) is 0 Å². The molecular weight excluding hydrogens is 283 g/mol. The Bertz CT molecular complexity index is 641. The summed E-state index contributed by atoms with van der Waals surface area (Å²) in [5.41, 5.74) is 1.29. The molecule has 0 spiro atoms. The second-order valence-corrected chi connectivity index (χ2v) is 4.91. The molecule has 0 aliphatic carbocycles. The van der Waals surface area contributed by atoms with Crippen molar-refractivity contribution in [3.05, 3.63) is 71.5 Å². The van der Waals surface area contributed by atoms with Crippen molar-refractivity contribution < 1.29 is 14.0 Å². The predicted molar refractivity (Wildman–Crippen MR) is 81.6 cm³/mol. The van der Waals surface area contributed by atoms with Crippen LogP contribution in [0.15, 0.2) is 54.6 Å². The van der Waals surface area contributed by atoms with Crippen LogP contribution in [0.4, 0.5) is 4.39 Å². The molecule has 114 valence electrons. The van der Waals surface area contributed by atoms with Crippen LogP contribution in [-0.2, 0) is 11.3 Å². The third-order valence-electron chi connectivity index (χ3n) is 3.16. The zero-order chi connectivity index (χ0) is 15.9. The van der Waals surface area contributed by atoms with E-state index in [9.17, 15) is 14.0 Å². The molecule has 0 saturated heterocycles. The molecule has 4 nitrogen and oxygen atoms in total. The van der Waals surface area contributed by atoms with Gasteiger partial charge >= 0.3 is 0 Å². The van der Waals surface area contributed by atoms with E-state index in [1.807, 2.05) is 6.07 Å². The van der Waals surface area contributed by atoms with Crippen LogP contribution in [0, 0.1) is 5.82 Å². The fourth-order valence-electron chi connectivity index (χ4n) is 1.88. The van der Waals surface area contributed by atoms with E-state index in [1.54, 1.807) is 43.3 Å². The number of rotatable bonds is 5. The van der Waals surface area contributed by atoms with E-state index in [-0.39, 0.29) is 24.2 Å². The molecular formula is C17H17FN2O2. The van der Waals surface area contributed by atoms with Gasteiger partial charge in [-0.1, -0.05) is 30.3 Å². The first-order valence-electron chi connectivity index (χ1n) is 6.94. The number of hydrogen-bond acceptors (Lipinski definition) is 2. The predicted octanol–water partition coefficient (Wildman–Crippen LogP) is 2.26. The maximum absolute atomic E-state index is 12.8. The zero-order valence-electron chi connectivity index (χ0n) is 12.2. The Hall–Kier alpha value is -2.69. The third-order valence-corrected chi connectivity index (χ3v) is 3.16. The lowest BCUT2D eigenvalue weighted by atomic mass is 10.2. The topological polar surface area (TPSA) is 58.2 Å². The summed E-state index contributed by atoms with van der Waals surface area (Å²) in [4.78, 5) is 23.9. The van der Waals surface area contributed by atoms with Gasteiger partial charge in [0.1, 0.15) is 11.9 Å². The van der Waals surface area contributed by atoms with Crippen LogP contribution < -0.4 is 10.6 Å². The molecule has 2 N–H and O–H groups in total. The van der Waals surface area contributed by atoms with E-state index < -0.39 is 6.04 Å². The Morgan fingerprint density at radius 3 is 2.32 bits per heavy atom. The van der Waals surface area contributed by atoms with Gasteiger partial charge in [0.25, 0.3) is 5.91 Å². The lowest BCUT2D eigenvalue weighted by Crippen LogP contribution is -2.44. The van der Waals surface area contributed by atoms with E-state index in [0.29, 0.717) is 5.56 Å². The molecule has 0 aliphatic heterocycles. The van der Waals surface area contributed by atoms with Crippen LogP contribution in [0.1, 0.15) is 22.8 Å². The molecule has 2 aromatic rings.